The van der Waals surface area contributed by atoms with E-state index in [4.69, 9.17) is 37.0 Å². The van der Waals surface area contributed by atoms with Crippen molar-refractivity contribution in [2.45, 2.75) is 258 Å². The van der Waals surface area contributed by atoms with E-state index in [2.05, 4.69) is 27.7 Å². The van der Waals surface area contributed by atoms with Gasteiger partial charge in [-0.1, -0.05) is 188 Å². The fourth-order valence-corrected chi connectivity index (χ4v) is 8.74. The van der Waals surface area contributed by atoms with E-state index in [9.17, 15) is 43.2 Å². The molecule has 0 rings (SSSR count). The van der Waals surface area contributed by atoms with Gasteiger partial charge in [0.1, 0.15) is 19.3 Å². The van der Waals surface area contributed by atoms with Gasteiger partial charge in [-0.25, -0.2) is 9.13 Å². The summed E-state index contributed by atoms with van der Waals surface area (Å²) in [6.45, 7) is 4.61. The average Bonchev–Trinajstić information content (AvgIpc) is 3.32. The number of hydrogen-bond acceptors (Lipinski definition) is 15. The van der Waals surface area contributed by atoms with Crippen molar-refractivity contribution in [3.63, 3.8) is 0 Å². The number of carbonyl (C=O) groups excluding carboxylic acids is 4. The van der Waals surface area contributed by atoms with Crippen molar-refractivity contribution in [3.05, 3.63) is 0 Å². The molecular formula is C50H96O17P2. The highest BCUT2D eigenvalue weighted by Gasteiger charge is 2.30. The largest absolute Gasteiger partial charge is 0.472 e. The molecule has 19 heteroatoms. The lowest BCUT2D eigenvalue weighted by molar-refractivity contribution is -0.161. The fourth-order valence-electron chi connectivity index (χ4n) is 7.16. The molecule has 3 N–H and O–H groups in total. The third kappa shape index (κ3) is 45.7. The van der Waals surface area contributed by atoms with E-state index in [1.807, 2.05) is 0 Å². The Hall–Kier alpha value is -1.94. The molecule has 0 aromatic rings. The number of unbranched alkanes of at least 4 members (excludes halogenated alkanes) is 25. The number of phosphoric ester groups is 2. The van der Waals surface area contributed by atoms with Crippen molar-refractivity contribution in [2.75, 3.05) is 39.6 Å². The minimum absolute atomic E-state index is 0.104. The quantitative estimate of drug-likeness (QED) is 0.0222. The molecule has 0 saturated heterocycles. The lowest BCUT2D eigenvalue weighted by Crippen LogP contribution is -2.30. The van der Waals surface area contributed by atoms with Crippen LogP contribution in [0.3, 0.4) is 0 Å². The van der Waals surface area contributed by atoms with E-state index in [1.165, 1.54) is 44.9 Å². The van der Waals surface area contributed by atoms with Gasteiger partial charge in [-0.2, -0.15) is 0 Å². The Balaban J connectivity index is 5.16. The topological polar surface area (TPSA) is 237 Å². The van der Waals surface area contributed by atoms with Gasteiger partial charge >= 0.3 is 39.5 Å². The second-order valence-corrected chi connectivity index (χ2v) is 21.1. The van der Waals surface area contributed by atoms with E-state index in [1.54, 1.807) is 0 Å². The average molecular weight is 1030 g/mol. The maximum absolute atomic E-state index is 12.8. The number of aliphatic hydroxyl groups excluding tert-OH is 1. The van der Waals surface area contributed by atoms with Crippen molar-refractivity contribution >= 4 is 39.5 Å². The van der Waals surface area contributed by atoms with Gasteiger partial charge in [-0.3, -0.25) is 37.3 Å². The lowest BCUT2D eigenvalue weighted by atomic mass is 10.1. The Kier molecular flexibility index (Phi) is 44.6. The van der Waals surface area contributed by atoms with E-state index >= 15 is 0 Å². The van der Waals surface area contributed by atoms with Gasteiger partial charge in [0.15, 0.2) is 12.2 Å². The fraction of sp³-hybridized carbons (Fsp3) is 0.920. The molecular weight excluding hydrogens is 934 g/mol. The van der Waals surface area contributed by atoms with Crippen LogP contribution in [0.4, 0.5) is 0 Å². The molecule has 2 unspecified atom stereocenters. The first-order chi connectivity index (χ1) is 33.2. The van der Waals surface area contributed by atoms with Gasteiger partial charge in [-0.15, -0.1) is 0 Å². The molecule has 0 aliphatic carbocycles. The van der Waals surface area contributed by atoms with Crippen LogP contribution in [0.1, 0.15) is 240 Å². The molecule has 0 heterocycles. The standard InChI is InChI=1S/C50H96O17P2/c1-5-9-13-17-20-23-27-31-35-48(53)61-41-46(67-50(55)37-33-29-25-22-19-15-11-7-3)43-65-69(58,59)63-39-44(51)38-62-68(56,57)64-42-45(40-60-47(52)34-30-26-16-12-8-4)66-49(54)36-32-28-24-21-18-14-10-6-2/h44-46,51H,5-43H2,1-4H3,(H,56,57)(H,58,59)/t44-,45+,46+/m0/s1. The first kappa shape index (κ1) is 67.1. The third-order valence-electron chi connectivity index (χ3n) is 11.4. The highest BCUT2D eigenvalue weighted by Crippen LogP contribution is 2.45. The van der Waals surface area contributed by atoms with Gasteiger partial charge in [0.25, 0.3) is 0 Å². The molecule has 69 heavy (non-hydrogen) atoms. The molecule has 0 aromatic carbocycles. The summed E-state index contributed by atoms with van der Waals surface area (Å²) in [5.74, 6) is -2.17. The number of aliphatic hydroxyl groups is 1. The molecule has 0 spiro atoms. The highest BCUT2D eigenvalue weighted by molar-refractivity contribution is 7.47. The molecule has 0 aromatic heterocycles. The van der Waals surface area contributed by atoms with Crippen LogP contribution in [0, 0.1) is 0 Å². The number of rotatable bonds is 51. The second kappa shape index (κ2) is 45.9. The van der Waals surface area contributed by atoms with E-state index < -0.39 is 97.5 Å². The van der Waals surface area contributed by atoms with E-state index in [-0.39, 0.29) is 25.7 Å². The summed E-state index contributed by atoms with van der Waals surface area (Å²) in [5, 5.41) is 10.4. The monoisotopic (exact) mass is 1030 g/mol. The maximum atomic E-state index is 12.8. The van der Waals surface area contributed by atoms with Gasteiger partial charge in [0.2, 0.25) is 0 Å². The molecule has 5 atom stereocenters. The van der Waals surface area contributed by atoms with Crippen molar-refractivity contribution in [1.29, 1.82) is 0 Å². The SMILES string of the molecule is CCCCCCCCCCC(=O)OC[C@H](COP(=O)(O)OC[C@@H](O)COP(=O)(O)OC[C@@H](COC(=O)CCCCCCC)OC(=O)CCCCCCCCCC)OC(=O)CCCCCCCCCC. The minimum atomic E-state index is -4.92. The van der Waals surface area contributed by atoms with Crippen LogP contribution in [0.5, 0.6) is 0 Å². The Morgan fingerprint density at radius 3 is 0.855 bits per heavy atom. The van der Waals surface area contributed by atoms with Crippen LogP contribution in [0.15, 0.2) is 0 Å². The molecule has 0 aliphatic rings. The van der Waals surface area contributed by atoms with Crippen LogP contribution in [0.25, 0.3) is 0 Å². The van der Waals surface area contributed by atoms with Crippen LogP contribution < -0.4 is 0 Å². The summed E-state index contributed by atoms with van der Waals surface area (Å²) < 4.78 is 67.0. The summed E-state index contributed by atoms with van der Waals surface area (Å²) in [5.41, 5.74) is 0. The Morgan fingerprint density at radius 2 is 0.580 bits per heavy atom. The normalized spacial score (nSPS) is 14.6. The molecule has 17 nitrogen and oxygen atoms in total. The number of carbonyl (C=O) groups is 4. The van der Waals surface area contributed by atoms with Crippen LogP contribution in [0.2, 0.25) is 0 Å². The highest BCUT2D eigenvalue weighted by atomic mass is 31.2. The van der Waals surface area contributed by atoms with Crippen molar-refractivity contribution in [3.8, 4) is 0 Å². The zero-order chi connectivity index (χ0) is 51.3. The third-order valence-corrected chi connectivity index (χ3v) is 13.3. The van der Waals surface area contributed by atoms with Gasteiger partial charge in [0.05, 0.1) is 26.4 Å². The Labute approximate surface area is 416 Å². The maximum Gasteiger partial charge on any atom is 0.472 e. The van der Waals surface area contributed by atoms with Crippen molar-refractivity contribution < 1.29 is 80.2 Å². The minimum Gasteiger partial charge on any atom is -0.462 e. The van der Waals surface area contributed by atoms with E-state index in [0.29, 0.717) is 25.7 Å². The molecule has 0 bridgehead atoms. The summed E-state index contributed by atoms with van der Waals surface area (Å²) in [6, 6.07) is 0. The summed E-state index contributed by atoms with van der Waals surface area (Å²) in [4.78, 5) is 71.0. The number of hydrogen-bond donors (Lipinski definition) is 3. The smallest absolute Gasteiger partial charge is 0.462 e. The van der Waals surface area contributed by atoms with Gasteiger partial charge in [-0.05, 0) is 25.7 Å². The van der Waals surface area contributed by atoms with Crippen molar-refractivity contribution in [2.24, 2.45) is 0 Å². The number of phosphoric acid groups is 2. The summed E-state index contributed by atoms with van der Waals surface area (Å²) in [7, 11) is -9.84. The number of esters is 4. The van der Waals surface area contributed by atoms with Crippen LogP contribution in [-0.4, -0.2) is 96.7 Å². The number of ether oxygens (including phenoxy) is 4. The van der Waals surface area contributed by atoms with Crippen molar-refractivity contribution in [1.82, 2.24) is 0 Å². The van der Waals surface area contributed by atoms with Gasteiger partial charge in [0, 0.05) is 25.7 Å². The summed E-state index contributed by atoms with van der Waals surface area (Å²) >= 11 is 0. The van der Waals surface area contributed by atoms with Crippen LogP contribution in [-0.2, 0) is 65.4 Å². The molecule has 0 fully saturated rings. The zero-order valence-electron chi connectivity index (χ0n) is 43.3. The lowest BCUT2D eigenvalue weighted by Gasteiger charge is -2.21. The Morgan fingerprint density at radius 1 is 0.348 bits per heavy atom. The molecule has 408 valence electrons. The molecule has 0 radical (unpaired) electrons. The molecule has 0 saturated carbocycles. The van der Waals surface area contributed by atoms with E-state index in [0.717, 1.165) is 116 Å². The zero-order valence-corrected chi connectivity index (χ0v) is 45.0. The molecule has 0 aliphatic heterocycles. The Bertz CT molecular complexity index is 1370. The first-order valence-electron chi connectivity index (χ1n) is 26.8. The summed E-state index contributed by atoms with van der Waals surface area (Å²) in [6.07, 6.45) is 25.8. The predicted octanol–water partition coefficient (Wildman–Crippen LogP) is 12.5. The van der Waals surface area contributed by atoms with Crippen LogP contribution >= 0.6 is 15.6 Å². The van der Waals surface area contributed by atoms with Gasteiger partial charge < -0.3 is 33.8 Å². The predicted molar refractivity (Wildman–Crippen MR) is 266 cm³/mol. The molecule has 0 amide bonds. The first-order valence-corrected chi connectivity index (χ1v) is 29.8. The second-order valence-electron chi connectivity index (χ2n) is 18.2.